The molecule has 0 spiro atoms. The van der Waals surface area contributed by atoms with Crippen molar-refractivity contribution in [2.24, 2.45) is 0 Å². The number of fused-ring (bicyclic) bond motifs is 1. The molecule has 1 aromatic carbocycles. The predicted octanol–water partition coefficient (Wildman–Crippen LogP) is 3.02. The minimum atomic E-state index is -0.631. The van der Waals surface area contributed by atoms with Crippen LogP contribution < -0.4 is 0 Å². The number of hydrogen-bond donors (Lipinski definition) is 1. The van der Waals surface area contributed by atoms with E-state index in [0.717, 1.165) is 27.7 Å². The molecule has 1 atom stereocenters. The molecule has 0 radical (unpaired) electrons. The normalized spacial score (nSPS) is 12.5. The van der Waals surface area contributed by atoms with Gasteiger partial charge in [0, 0.05) is 23.5 Å². The zero-order valence-electron chi connectivity index (χ0n) is 10.6. The van der Waals surface area contributed by atoms with E-state index >= 15 is 0 Å². The molecule has 3 aromatic rings. The van der Waals surface area contributed by atoms with Crippen molar-refractivity contribution in [1.29, 1.82) is 0 Å². The van der Waals surface area contributed by atoms with Crippen LogP contribution in [-0.2, 0) is 0 Å². The number of rotatable bonds is 2. The van der Waals surface area contributed by atoms with Crippen molar-refractivity contribution in [1.82, 2.24) is 9.97 Å². The Kier molecular flexibility index (Phi) is 2.97. The fraction of sp³-hybridized carbons (Fsp3) is 0.125. The summed E-state index contributed by atoms with van der Waals surface area (Å²) in [4.78, 5) is 8.42. The highest BCUT2D eigenvalue weighted by molar-refractivity contribution is 5.79. The van der Waals surface area contributed by atoms with E-state index in [1.54, 1.807) is 12.4 Å². The van der Waals surface area contributed by atoms with Gasteiger partial charge in [-0.3, -0.25) is 9.97 Å². The number of pyridine rings is 2. The van der Waals surface area contributed by atoms with Gasteiger partial charge in [0.15, 0.2) is 0 Å². The van der Waals surface area contributed by atoms with E-state index in [-0.39, 0.29) is 0 Å². The fourth-order valence-corrected chi connectivity index (χ4v) is 2.15. The van der Waals surface area contributed by atoms with Crippen LogP contribution in [0.5, 0.6) is 0 Å². The van der Waals surface area contributed by atoms with Crippen LogP contribution in [0, 0.1) is 6.92 Å². The van der Waals surface area contributed by atoms with Crippen LogP contribution in [-0.4, -0.2) is 15.1 Å². The van der Waals surface area contributed by atoms with Gasteiger partial charge in [-0.15, -0.1) is 0 Å². The monoisotopic (exact) mass is 250 g/mol. The third kappa shape index (κ3) is 2.33. The quantitative estimate of drug-likeness (QED) is 0.760. The Bertz CT molecular complexity index is 710. The topological polar surface area (TPSA) is 46.0 Å². The smallest absolute Gasteiger partial charge is 0.104 e. The fourth-order valence-electron chi connectivity index (χ4n) is 2.15. The Morgan fingerprint density at radius 3 is 2.53 bits per heavy atom. The Labute approximate surface area is 111 Å². The van der Waals surface area contributed by atoms with E-state index < -0.39 is 6.10 Å². The van der Waals surface area contributed by atoms with Crippen molar-refractivity contribution in [2.45, 2.75) is 13.0 Å². The lowest BCUT2D eigenvalue weighted by Crippen LogP contribution is -1.99. The summed E-state index contributed by atoms with van der Waals surface area (Å²) in [6, 6.07) is 13.5. The van der Waals surface area contributed by atoms with Gasteiger partial charge < -0.3 is 5.11 Å². The summed E-state index contributed by atoms with van der Waals surface area (Å²) in [5.41, 5.74) is 3.65. The molecule has 0 aliphatic carbocycles. The molecule has 94 valence electrons. The molecule has 3 rings (SSSR count). The molecular formula is C16H14N2O. The Morgan fingerprint density at radius 2 is 1.74 bits per heavy atom. The van der Waals surface area contributed by atoms with E-state index in [9.17, 15) is 5.11 Å². The molecular weight excluding hydrogens is 236 g/mol. The Hall–Kier alpha value is -2.26. The summed E-state index contributed by atoms with van der Waals surface area (Å²) in [6.45, 7) is 1.97. The molecule has 2 aromatic heterocycles. The summed E-state index contributed by atoms with van der Waals surface area (Å²) in [5, 5.41) is 11.4. The standard InChI is InChI=1S/C16H14N2O/c1-11-2-3-13-10-14(4-5-15(13)18-11)16(19)12-6-8-17-9-7-12/h2-10,16,19H,1H3. The van der Waals surface area contributed by atoms with E-state index in [1.165, 1.54) is 0 Å². The summed E-state index contributed by atoms with van der Waals surface area (Å²) in [5.74, 6) is 0. The van der Waals surface area contributed by atoms with Crippen molar-refractivity contribution in [3.05, 3.63) is 71.7 Å². The van der Waals surface area contributed by atoms with Gasteiger partial charge in [-0.1, -0.05) is 12.1 Å². The second-order valence-corrected chi connectivity index (χ2v) is 4.59. The molecule has 19 heavy (non-hydrogen) atoms. The first-order chi connectivity index (χ1) is 9.24. The highest BCUT2D eigenvalue weighted by atomic mass is 16.3. The lowest BCUT2D eigenvalue weighted by atomic mass is 10.0. The maximum atomic E-state index is 10.4. The number of aromatic nitrogens is 2. The van der Waals surface area contributed by atoms with Crippen molar-refractivity contribution in [3.63, 3.8) is 0 Å². The average molecular weight is 250 g/mol. The minimum Gasteiger partial charge on any atom is -0.384 e. The number of nitrogens with zero attached hydrogens (tertiary/aromatic N) is 2. The maximum absolute atomic E-state index is 10.4. The molecule has 3 nitrogen and oxygen atoms in total. The zero-order chi connectivity index (χ0) is 13.2. The summed E-state index contributed by atoms with van der Waals surface area (Å²) in [6.07, 6.45) is 2.74. The minimum absolute atomic E-state index is 0.631. The maximum Gasteiger partial charge on any atom is 0.104 e. The summed E-state index contributed by atoms with van der Waals surface area (Å²) in [7, 11) is 0. The van der Waals surface area contributed by atoms with Crippen LogP contribution in [0.25, 0.3) is 10.9 Å². The number of benzene rings is 1. The number of hydrogen-bond acceptors (Lipinski definition) is 3. The molecule has 2 heterocycles. The van der Waals surface area contributed by atoms with Gasteiger partial charge in [0.05, 0.1) is 5.52 Å². The molecule has 0 aliphatic heterocycles. The average Bonchev–Trinajstić information content (AvgIpc) is 2.47. The van der Waals surface area contributed by atoms with Gasteiger partial charge in [0.2, 0.25) is 0 Å². The van der Waals surface area contributed by atoms with E-state index in [4.69, 9.17) is 0 Å². The highest BCUT2D eigenvalue weighted by Crippen LogP contribution is 2.24. The van der Waals surface area contributed by atoms with E-state index in [2.05, 4.69) is 9.97 Å². The summed E-state index contributed by atoms with van der Waals surface area (Å²) < 4.78 is 0. The molecule has 0 bridgehead atoms. The van der Waals surface area contributed by atoms with Crippen LogP contribution in [0.2, 0.25) is 0 Å². The summed E-state index contributed by atoms with van der Waals surface area (Å²) >= 11 is 0. The van der Waals surface area contributed by atoms with Crippen LogP contribution in [0.1, 0.15) is 22.9 Å². The highest BCUT2D eigenvalue weighted by Gasteiger charge is 2.10. The second-order valence-electron chi connectivity index (χ2n) is 4.59. The third-order valence-electron chi connectivity index (χ3n) is 3.19. The van der Waals surface area contributed by atoms with Gasteiger partial charge in [-0.25, -0.2) is 0 Å². The molecule has 0 amide bonds. The number of aliphatic hydroxyl groups excluding tert-OH is 1. The lowest BCUT2D eigenvalue weighted by molar-refractivity contribution is 0.220. The van der Waals surface area contributed by atoms with Gasteiger partial charge in [-0.2, -0.15) is 0 Å². The SMILES string of the molecule is Cc1ccc2cc(C(O)c3ccncc3)ccc2n1. The third-order valence-corrected chi connectivity index (χ3v) is 3.19. The molecule has 1 N–H and O–H groups in total. The van der Waals surface area contributed by atoms with Crippen LogP contribution >= 0.6 is 0 Å². The predicted molar refractivity (Wildman–Crippen MR) is 74.8 cm³/mol. The van der Waals surface area contributed by atoms with Crippen LogP contribution in [0.4, 0.5) is 0 Å². The molecule has 0 saturated carbocycles. The van der Waals surface area contributed by atoms with Crippen molar-refractivity contribution < 1.29 is 5.11 Å². The zero-order valence-corrected chi connectivity index (χ0v) is 10.6. The Morgan fingerprint density at radius 1 is 0.947 bits per heavy atom. The Balaban J connectivity index is 2.04. The van der Waals surface area contributed by atoms with Gasteiger partial charge in [-0.05, 0) is 48.4 Å². The van der Waals surface area contributed by atoms with Gasteiger partial charge in [0.25, 0.3) is 0 Å². The molecule has 3 heteroatoms. The van der Waals surface area contributed by atoms with Crippen LogP contribution in [0.15, 0.2) is 54.9 Å². The number of aryl methyl sites for hydroxylation is 1. The van der Waals surface area contributed by atoms with Gasteiger partial charge >= 0.3 is 0 Å². The first-order valence-electron chi connectivity index (χ1n) is 6.19. The first kappa shape index (κ1) is 11.8. The molecule has 0 saturated heterocycles. The van der Waals surface area contributed by atoms with E-state index in [1.807, 2.05) is 49.4 Å². The second kappa shape index (κ2) is 4.78. The van der Waals surface area contributed by atoms with Crippen molar-refractivity contribution >= 4 is 10.9 Å². The largest absolute Gasteiger partial charge is 0.384 e. The lowest BCUT2D eigenvalue weighted by Gasteiger charge is -2.12. The molecule has 1 unspecified atom stereocenters. The van der Waals surface area contributed by atoms with E-state index in [0.29, 0.717) is 0 Å². The van der Waals surface area contributed by atoms with Crippen molar-refractivity contribution in [2.75, 3.05) is 0 Å². The number of aliphatic hydroxyl groups is 1. The van der Waals surface area contributed by atoms with Crippen LogP contribution in [0.3, 0.4) is 0 Å². The molecule has 0 aliphatic rings. The van der Waals surface area contributed by atoms with Gasteiger partial charge in [0.1, 0.15) is 6.10 Å². The van der Waals surface area contributed by atoms with Crippen molar-refractivity contribution in [3.8, 4) is 0 Å². The first-order valence-corrected chi connectivity index (χ1v) is 6.19. The molecule has 0 fully saturated rings.